The fraction of sp³-hybridized carbons (Fsp3) is 0.0690. The summed E-state index contributed by atoms with van der Waals surface area (Å²) in [7, 11) is 0. The van der Waals surface area contributed by atoms with Gasteiger partial charge in [-0.15, -0.1) is 22.7 Å². The van der Waals surface area contributed by atoms with Crippen molar-refractivity contribution in [3.8, 4) is 22.3 Å². The van der Waals surface area contributed by atoms with Crippen LogP contribution in [0.25, 0.3) is 62.6 Å². The third-order valence-electron chi connectivity index (χ3n) is 13.4. The van der Waals surface area contributed by atoms with Crippen molar-refractivity contribution in [3.05, 3.63) is 200 Å². The third-order valence-corrected chi connectivity index (χ3v) is 15.7. The summed E-state index contributed by atoms with van der Waals surface area (Å²) in [6.45, 7) is 7.07. The summed E-state index contributed by atoms with van der Waals surface area (Å²) in [4.78, 5) is 5.25. The smallest absolute Gasteiger partial charge is 0.252 e. The number of thiophene rings is 2. The van der Waals surface area contributed by atoms with Crippen molar-refractivity contribution in [1.82, 2.24) is 0 Å². The van der Waals surface area contributed by atoms with Crippen LogP contribution in [-0.4, -0.2) is 6.71 Å². The Bertz CT molecular complexity index is 3410. The molecule has 2 aliphatic rings. The van der Waals surface area contributed by atoms with E-state index in [4.69, 9.17) is 0 Å². The van der Waals surface area contributed by atoms with Crippen LogP contribution in [0.4, 0.5) is 34.1 Å². The molecular weight excluding hydrogens is 800 g/mol. The van der Waals surface area contributed by atoms with Gasteiger partial charge in [0.05, 0.1) is 11.4 Å². The molecule has 11 aromatic rings. The highest BCUT2D eigenvalue weighted by Crippen LogP contribution is 2.51. The Kier molecular flexibility index (Phi) is 8.04. The SMILES string of the molecule is CC(C)(C)c1cc2c3c(c1)N(c1ccccc1-c1ccccc1)c1cc4c(cc1B3c1cc3sc5ccccc5c3cc1N2c1ccccc1-c1ccccc1)sc1ccccc14. The number of benzene rings is 9. The fourth-order valence-corrected chi connectivity index (χ4v) is 12.7. The molecule has 298 valence electrons. The van der Waals surface area contributed by atoms with Crippen molar-refractivity contribution < 1.29 is 0 Å². The van der Waals surface area contributed by atoms with Crippen LogP contribution in [0.1, 0.15) is 26.3 Å². The first-order valence-corrected chi connectivity index (χ1v) is 23.5. The number of para-hydroxylation sites is 2. The average molecular weight is 841 g/mol. The molecule has 0 saturated carbocycles. The molecular formula is C58H41BN2S2. The summed E-state index contributed by atoms with van der Waals surface area (Å²) in [5.74, 6) is 0. The first-order valence-electron chi connectivity index (χ1n) is 21.9. The minimum atomic E-state index is -0.141. The highest BCUT2D eigenvalue weighted by molar-refractivity contribution is 7.26. The van der Waals surface area contributed by atoms with E-state index in [9.17, 15) is 0 Å². The lowest BCUT2D eigenvalue weighted by atomic mass is 9.33. The molecule has 5 heteroatoms. The van der Waals surface area contributed by atoms with Crippen molar-refractivity contribution in [3.63, 3.8) is 0 Å². The second-order valence-electron chi connectivity index (χ2n) is 18.1. The molecule has 2 aliphatic heterocycles. The molecule has 2 nitrogen and oxygen atoms in total. The normalized spacial score (nSPS) is 13.2. The molecule has 63 heavy (non-hydrogen) atoms. The average Bonchev–Trinajstić information content (AvgIpc) is 3.87. The zero-order valence-corrected chi connectivity index (χ0v) is 36.9. The van der Waals surface area contributed by atoms with Crippen molar-refractivity contribution in [2.45, 2.75) is 26.2 Å². The predicted molar refractivity (Wildman–Crippen MR) is 276 cm³/mol. The van der Waals surface area contributed by atoms with E-state index in [0.29, 0.717) is 0 Å². The second-order valence-corrected chi connectivity index (χ2v) is 20.2. The van der Waals surface area contributed by atoms with Gasteiger partial charge in [0, 0.05) is 74.2 Å². The molecule has 0 bridgehead atoms. The van der Waals surface area contributed by atoms with Crippen LogP contribution in [0, 0.1) is 0 Å². The van der Waals surface area contributed by atoms with E-state index in [1.54, 1.807) is 0 Å². The van der Waals surface area contributed by atoms with Crippen LogP contribution in [0.15, 0.2) is 194 Å². The van der Waals surface area contributed by atoms with E-state index in [0.717, 1.165) is 0 Å². The molecule has 0 aliphatic carbocycles. The van der Waals surface area contributed by atoms with Crippen molar-refractivity contribution in [2.24, 2.45) is 0 Å². The maximum atomic E-state index is 2.62. The van der Waals surface area contributed by atoms with Crippen LogP contribution in [0.2, 0.25) is 0 Å². The van der Waals surface area contributed by atoms with Gasteiger partial charge in [0.2, 0.25) is 0 Å². The summed E-state index contributed by atoms with van der Waals surface area (Å²) >= 11 is 3.82. The van der Waals surface area contributed by atoms with Gasteiger partial charge in [0.15, 0.2) is 0 Å². The van der Waals surface area contributed by atoms with E-state index in [1.807, 2.05) is 22.7 Å². The van der Waals surface area contributed by atoms with Gasteiger partial charge in [0.1, 0.15) is 0 Å². The van der Waals surface area contributed by atoms with Gasteiger partial charge >= 0.3 is 0 Å². The van der Waals surface area contributed by atoms with Crippen molar-refractivity contribution >= 4 is 120 Å². The monoisotopic (exact) mass is 840 g/mol. The third kappa shape index (κ3) is 5.56. The quantitative estimate of drug-likeness (QED) is 0.163. The summed E-state index contributed by atoms with van der Waals surface area (Å²) in [5.41, 5.74) is 17.3. The zero-order chi connectivity index (χ0) is 42.0. The van der Waals surface area contributed by atoms with E-state index < -0.39 is 0 Å². The Balaban J connectivity index is 1.21. The Morgan fingerprint density at radius 1 is 0.365 bits per heavy atom. The maximum absolute atomic E-state index is 2.62. The van der Waals surface area contributed by atoms with Crippen molar-refractivity contribution in [2.75, 3.05) is 9.80 Å². The molecule has 2 aromatic heterocycles. The Labute approximate surface area is 376 Å². The summed E-state index contributed by atoms with van der Waals surface area (Å²) in [5, 5.41) is 5.24. The molecule has 0 spiro atoms. The molecule has 0 N–H and O–H groups in total. The summed E-state index contributed by atoms with van der Waals surface area (Å²) in [6, 6.07) is 72.9. The number of anilines is 6. The van der Waals surface area contributed by atoms with Gasteiger partial charge in [-0.2, -0.15) is 0 Å². The molecule has 0 radical (unpaired) electrons. The van der Waals surface area contributed by atoms with Crippen LogP contribution >= 0.6 is 22.7 Å². The molecule has 0 amide bonds. The maximum Gasteiger partial charge on any atom is 0.252 e. The van der Waals surface area contributed by atoms with Gasteiger partial charge in [-0.25, -0.2) is 0 Å². The lowest BCUT2D eigenvalue weighted by Crippen LogP contribution is -2.61. The molecule has 9 aromatic carbocycles. The van der Waals surface area contributed by atoms with Gasteiger partial charge in [-0.05, 0) is 99.2 Å². The number of fused-ring (bicyclic) bond motifs is 10. The number of hydrogen-bond acceptors (Lipinski definition) is 4. The van der Waals surface area contributed by atoms with E-state index >= 15 is 0 Å². The minimum absolute atomic E-state index is 0.0153. The minimum Gasteiger partial charge on any atom is -0.311 e. The largest absolute Gasteiger partial charge is 0.311 e. The zero-order valence-electron chi connectivity index (χ0n) is 35.3. The fourth-order valence-electron chi connectivity index (χ4n) is 10.4. The van der Waals surface area contributed by atoms with E-state index in [1.165, 1.54) is 119 Å². The number of hydrogen-bond donors (Lipinski definition) is 0. The number of rotatable bonds is 4. The Morgan fingerprint density at radius 2 is 0.778 bits per heavy atom. The van der Waals surface area contributed by atoms with E-state index in [2.05, 4.69) is 225 Å². The van der Waals surface area contributed by atoms with Crippen LogP contribution < -0.4 is 26.2 Å². The molecule has 0 fully saturated rings. The first-order chi connectivity index (χ1) is 30.9. The van der Waals surface area contributed by atoms with E-state index in [-0.39, 0.29) is 12.1 Å². The lowest BCUT2D eigenvalue weighted by molar-refractivity contribution is 0.590. The van der Waals surface area contributed by atoms with Gasteiger partial charge in [-0.3, -0.25) is 0 Å². The Morgan fingerprint density at radius 3 is 1.24 bits per heavy atom. The van der Waals surface area contributed by atoms with Gasteiger partial charge in [0.25, 0.3) is 6.71 Å². The molecule has 0 atom stereocenters. The van der Waals surface area contributed by atoms with Crippen LogP contribution in [0.5, 0.6) is 0 Å². The highest BCUT2D eigenvalue weighted by atomic mass is 32.1. The summed E-state index contributed by atoms with van der Waals surface area (Å²) < 4.78 is 5.28. The second kappa shape index (κ2) is 13.8. The van der Waals surface area contributed by atoms with Gasteiger partial charge in [-0.1, -0.05) is 154 Å². The summed E-state index contributed by atoms with van der Waals surface area (Å²) in [6.07, 6.45) is 0. The van der Waals surface area contributed by atoms with Crippen molar-refractivity contribution in [1.29, 1.82) is 0 Å². The highest BCUT2D eigenvalue weighted by Gasteiger charge is 2.45. The number of nitrogens with zero attached hydrogens (tertiary/aromatic N) is 2. The van der Waals surface area contributed by atoms with Crippen LogP contribution in [0.3, 0.4) is 0 Å². The predicted octanol–water partition coefficient (Wildman–Crippen LogP) is 15.1. The topological polar surface area (TPSA) is 6.48 Å². The van der Waals surface area contributed by atoms with Gasteiger partial charge < -0.3 is 9.80 Å². The molecule has 0 unspecified atom stereocenters. The Hall–Kier alpha value is -6.92. The first kappa shape index (κ1) is 36.7. The molecule has 13 rings (SSSR count). The molecule has 4 heterocycles. The van der Waals surface area contributed by atoms with Crippen LogP contribution in [-0.2, 0) is 5.41 Å². The lowest BCUT2D eigenvalue weighted by Gasteiger charge is -2.45. The standard InChI is InChI=1S/C58H41BN2S2/c1-58(2,3)38-30-51-57-52(31-38)61(48-27-15-11-23-40(48)37-20-8-5-9-21-37)50-33-44-42-25-13-17-29-54(42)63-56(44)35-46(50)59(57)45-34-55-43(41-24-12-16-28-53(41)62-55)32-49(45)60(51)47-26-14-10-22-39(47)36-18-6-4-7-19-36/h4-35H,1-3H3. The molecule has 0 saturated heterocycles.